The van der Waals surface area contributed by atoms with Crippen LogP contribution in [0.4, 0.5) is 8.78 Å². The highest BCUT2D eigenvalue weighted by Gasteiger charge is 2.72. The number of alkyl halides is 2. The molecule has 0 radical (unpaired) electrons. The second kappa shape index (κ2) is 2.39. The van der Waals surface area contributed by atoms with Gasteiger partial charge in [-0.15, -0.1) is 0 Å². The fourth-order valence-electron chi connectivity index (χ4n) is 1.91. The molecule has 1 saturated carbocycles. The Hall–Kier alpha value is -0.220. The third-order valence-corrected chi connectivity index (χ3v) is 2.96. The predicted octanol–water partition coefficient (Wildman–Crippen LogP) is 1.15. The molecule has 1 aliphatic carbocycles. The Morgan fingerprint density at radius 1 is 1.42 bits per heavy atom. The Morgan fingerprint density at radius 2 is 2.08 bits per heavy atom. The van der Waals surface area contributed by atoms with Crippen molar-refractivity contribution in [1.29, 1.82) is 0 Å². The Balaban J connectivity index is 2.00. The summed E-state index contributed by atoms with van der Waals surface area (Å²) >= 11 is 0. The zero-order chi connectivity index (χ0) is 8.82. The lowest BCUT2D eigenvalue weighted by molar-refractivity contribution is 0.00565. The van der Waals surface area contributed by atoms with E-state index >= 15 is 0 Å². The second-order valence-electron chi connectivity index (χ2n) is 3.84. The van der Waals surface area contributed by atoms with Crippen LogP contribution in [0.25, 0.3) is 0 Å². The van der Waals surface area contributed by atoms with Crippen molar-refractivity contribution < 1.29 is 13.5 Å². The van der Waals surface area contributed by atoms with Crippen molar-refractivity contribution in [2.24, 2.45) is 11.7 Å². The minimum absolute atomic E-state index is 0.138. The number of ether oxygens (including phenoxy) is 1. The zero-order valence-electron chi connectivity index (χ0n) is 6.85. The van der Waals surface area contributed by atoms with Crippen molar-refractivity contribution in [2.75, 3.05) is 13.2 Å². The summed E-state index contributed by atoms with van der Waals surface area (Å²) in [6.07, 6.45) is 1.49. The maximum Gasteiger partial charge on any atom is 0.268 e. The number of rotatable bonds is 1. The van der Waals surface area contributed by atoms with Gasteiger partial charge in [0.2, 0.25) is 0 Å². The summed E-state index contributed by atoms with van der Waals surface area (Å²) in [6.45, 7) is 1.10. The van der Waals surface area contributed by atoms with Crippen molar-refractivity contribution in [1.82, 2.24) is 0 Å². The minimum atomic E-state index is -2.64. The van der Waals surface area contributed by atoms with Crippen molar-refractivity contribution in [3.8, 4) is 0 Å². The lowest BCUT2D eigenvalue weighted by atomic mass is 9.92. The Bertz CT molecular complexity index is 191. The molecule has 12 heavy (non-hydrogen) atoms. The van der Waals surface area contributed by atoms with Crippen molar-refractivity contribution in [3.63, 3.8) is 0 Å². The van der Waals surface area contributed by atoms with E-state index in [-0.39, 0.29) is 12.3 Å². The van der Waals surface area contributed by atoms with Gasteiger partial charge in [-0.3, -0.25) is 0 Å². The molecule has 0 aromatic heterocycles. The van der Waals surface area contributed by atoms with Crippen LogP contribution in [-0.2, 0) is 4.74 Å². The van der Waals surface area contributed by atoms with Gasteiger partial charge >= 0.3 is 0 Å². The third-order valence-electron chi connectivity index (χ3n) is 2.96. The largest absolute Gasteiger partial charge is 0.381 e. The Morgan fingerprint density at radius 3 is 2.50 bits per heavy atom. The van der Waals surface area contributed by atoms with Gasteiger partial charge < -0.3 is 10.5 Å². The number of hydrogen-bond acceptors (Lipinski definition) is 2. The van der Waals surface area contributed by atoms with E-state index in [2.05, 4.69) is 0 Å². The van der Waals surface area contributed by atoms with Gasteiger partial charge in [-0.05, 0) is 12.8 Å². The smallest absolute Gasteiger partial charge is 0.268 e. The van der Waals surface area contributed by atoms with Gasteiger partial charge in [0.05, 0.1) is 12.1 Å². The first-order chi connectivity index (χ1) is 5.56. The predicted molar refractivity (Wildman–Crippen MR) is 40.0 cm³/mol. The highest BCUT2D eigenvalue weighted by Crippen LogP contribution is 2.56. The van der Waals surface area contributed by atoms with Crippen molar-refractivity contribution >= 4 is 0 Å². The van der Waals surface area contributed by atoms with Crippen LogP contribution in [-0.4, -0.2) is 24.7 Å². The van der Waals surface area contributed by atoms with Crippen LogP contribution in [0.1, 0.15) is 19.3 Å². The van der Waals surface area contributed by atoms with Crippen LogP contribution in [0.3, 0.4) is 0 Å². The van der Waals surface area contributed by atoms with Crippen molar-refractivity contribution in [2.45, 2.75) is 30.7 Å². The molecule has 1 saturated heterocycles. The monoisotopic (exact) mass is 177 g/mol. The molecule has 4 heteroatoms. The molecule has 2 rings (SSSR count). The highest BCUT2D eigenvalue weighted by molar-refractivity contribution is 5.19. The van der Waals surface area contributed by atoms with E-state index in [0.29, 0.717) is 13.2 Å². The molecule has 0 aromatic carbocycles. The van der Waals surface area contributed by atoms with Gasteiger partial charge in [-0.2, -0.15) is 0 Å². The molecule has 1 heterocycles. The molecule has 2 nitrogen and oxygen atoms in total. The van der Waals surface area contributed by atoms with E-state index in [1.54, 1.807) is 0 Å². The van der Waals surface area contributed by atoms with Crippen LogP contribution in [0.15, 0.2) is 0 Å². The molecule has 2 N–H and O–H groups in total. The second-order valence-corrected chi connectivity index (χ2v) is 3.84. The van der Waals surface area contributed by atoms with Gasteiger partial charge in [-0.1, -0.05) is 0 Å². The average molecular weight is 177 g/mol. The van der Waals surface area contributed by atoms with E-state index < -0.39 is 11.5 Å². The maximum absolute atomic E-state index is 12.8. The fraction of sp³-hybridized carbons (Fsp3) is 1.00. The Labute approximate surface area is 70.1 Å². The molecule has 70 valence electrons. The zero-order valence-corrected chi connectivity index (χ0v) is 6.85. The van der Waals surface area contributed by atoms with Crippen LogP contribution < -0.4 is 5.73 Å². The first-order valence-corrected chi connectivity index (χ1v) is 4.31. The van der Waals surface area contributed by atoms with Crippen LogP contribution in [0.5, 0.6) is 0 Å². The van der Waals surface area contributed by atoms with E-state index in [9.17, 15) is 8.78 Å². The molecular formula is C8H13F2NO. The molecule has 2 aliphatic rings. The quantitative estimate of drug-likeness (QED) is 0.652. The topological polar surface area (TPSA) is 35.2 Å². The first-order valence-electron chi connectivity index (χ1n) is 4.31. The molecular weight excluding hydrogens is 164 g/mol. The fourth-order valence-corrected chi connectivity index (χ4v) is 1.91. The molecule has 2 atom stereocenters. The SMILES string of the molecule is NC1(C2CCCOC2)CC1(F)F. The summed E-state index contributed by atoms with van der Waals surface area (Å²) in [5.74, 6) is -2.78. The normalized spacial score (nSPS) is 45.8. The average Bonchev–Trinajstić information content (AvgIpc) is 2.55. The van der Waals surface area contributed by atoms with Gasteiger partial charge in [-0.25, -0.2) is 8.78 Å². The summed E-state index contributed by atoms with van der Waals surface area (Å²) < 4.78 is 30.7. The lowest BCUT2D eigenvalue weighted by Gasteiger charge is -2.27. The van der Waals surface area contributed by atoms with Crippen LogP contribution >= 0.6 is 0 Å². The molecule has 0 aromatic rings. The summed E-state index contributed by atoms with van der Waals surface area (Å²) in [7, 11) is 0. The van der Waals surface area contributed by atoms with E-state index in [0.717, 1.165) is 12.8 Å². The number of hydrogen-bond donors (Lipinski definition) is 1. The number of halogens is 2. The van der Waals surface area contributed by atoms with Gasteiger partial charge in [0, 0.05) is 18.9 Å². The van der Waals surface area contributed by atoms with E-state index in [1.807, 2.05) is 0 Å². The summed E-state index contributed by atoms with van der Waals surface area (Å²) in [5.41, 5.74) is 4.33. The van der Waals surface area contributed by atoms with Crippen LogP contribution in [0.2, 0.25) is 0 Å². The molecule has 2 unspecified atom stereocenters. The highest BCUT2D eigenvalue weighted by atomic mass is 19.3. The summed E-state index contributed by atoms with van der Waals surface area (Å²) in [6, 6.07) is 0. The van der Waals surface area contributed by atoms with E-state index in [4.69, 9.17) is 10.5 Å². The third kappa shape index (κ3) is 1.05. The Kier molecular flexibility index (Phi) is 1.67. The van der Waals surface area contributed by atoms with Gasteiger partial charge in [0.25, 0.3) is 5.92 Å². The minimum Gasteiger partial charge on any atom is -0.381 e. The van der Waals surface area contributed by atoms with Crippen LogP contribution in [0, 0.1) is 5.92 Å². The van der Waals surface area contributed by atoms with Gasteiger partial charge in [0.15, 0.2) is 0 Å². The standard InChI is InChI=1S/C8H13F2NO/c9-8(10)5-7(8,11)6-2-1-3-12-4-6/h6H,1-5,11H2. The van der Waals surface area contributed by atoms with Gasteiger partial charge in [0.1, 0.15) is 0 Å². The van der Waals surface area contributed by atoms with Crippen molar-refractivity contribution in [3.05, 3.63) is 0 Å². The summed E-state index contributed by atoms with van der Waals surface area (Å²) in [5, 5.41) is 0. The molecule has 0 spiro atoms. The summed E-state index contributed by atoms with van der Waals surface area (Å²) in [4.78, 5) is 0. The van der Waals surface area contributed by atoms with E-state index in [1.165, 1.54) is 0 Å². The first kappa shape index (κ1) is 8.38. The molecule has 1 aliphatic heterocycles. The molecule has 0 bridgehead atoms. The molecule has 2 fully saturated rings. The molecule has 0 amide bonds. The number of nitrogens with two attached hydrogens (primary N) is 1. The lowest BCUT2D eigenvalue weighted by Crippen LogP contribution is -2.42. The maximum atomic E-state index is 12.8.